The van der Waals surface area contributed by atoms with Crippen molar-refractivity contribution >= 4 is 22.1 Å². The van der Waals surface area contributed by atoms with Crippen molar-refractivity contribution in [2.24, 2.45) is 0 Å². The number of hydrogen-bond donors (Lipinski definition) is 0. The van der Waals surface area contributed by atoms with Crippen LogP contribution in [0.1, 0.15) is 210 Å². The normalized spacial score (nSPS) is 18.0. The van der Waals surface area contributed by atoms with E-state index in [4.69, 9.17) is 33.2 Å². The maximum Gasteiger partial charge on any atom is 1.00 e. The van der Waals surface area contributed by atoms with Crippen LogP contribution in [0.2, 0.25) is 0 Å². The molecule has 0 saturated carbocycles. The van der Waals surface area contributed by atoms with Crippen LogP contribution in [0, 0.1) is 0 Å². The number of hydrogen-bond acceptors (Lipinski definition) is 12. The van der Waals surface area contributed by atoms with E-state index in [9.17, 15) is 22.6 Å². The van der Waals surface area contributed by atoms with Crippen molar-refractivity contribution < 1.29 is 85.3 Å². The molecule has 0 N–H and O–H groups in total. The van der Waals surface area contributed by atoms with Crippen molar-refractivity contribution in [3.63, 3.8) is 0 Å². The molecule has 0 spiro atoms. The summed E-state index contributed by atoms with van der Waals surface area (Å²) >= 11 is 0. The van der Waals surface area contributed by atoms with Crippen molar-refractivity contribution in [3.8, 4) is 0 Å². The summed E-state index contributed by atoms with van der Waals surface area (Å²) in [4.78, 5) is 26.6. The fourth-order valence-corrected chi connectivity index (χ4v) is 10.3. The number of ether oxygens (including phenoxy) is 7. The number of unbranched alkanes of at least 4 members (excludes halogenated alkanes) is 24. The number of rotatable bonds is 45. The molecule has 1 aliphatic rings. The fourth-order valence-electron chi connectivity index (χ4n) is 9.61. The Morgan fingerprint density at radius 3 is 1.22 bits per heavy atom. The monoisotopic (exact) mass is 1090 g/mol. The molecule has 0 aliphatic carbocycles. The van der Waals surface area contributed by atoms with Crippen molar-refractivity contribution in [2.75, 3.05) is 19.0 Å². The minimum atomic E-state index is -4.87. The molecule has 1 aliphatic heterocycles. The van der Waals surface area contributed by atoms with Gasteiger partial charge in [-0.25, -0.2) is 8.42 Å². The second-order valence-electron chi connectivity index (χ2n) is 20.7. The molecule has 3 aromatic rings. The van der Waals surface area contributed by atoms with Crippen LogP contribution in [0.15, 0.2) is 91.0 Å². The predicted molar refractivity (Wildman–Crippen MR) is 296 cm³/mol. The van der Waals surface area contributed by atoms with Crippen LogP contribution in [0.3, 0.4) is 0 Å². The summed E-state index contributed by atoms with van der Waals surface area (Å²) in [5, 5.41) is 0. The second kappa shape index (κ2) is 43.2. The molecule has 3 aromatic carbocycles. The maximum atomic E-state index is 13.5. The van der Waals surface area contributed by atoms with Gasteiger partial charge < -0.3 is 37.7 Å². The van der Waals surface area contributed by atoms with E-state index in [1.165, 1.54) is 116 Å². The molecule has 76 heavy (non-hydrogen) atoms. The van der Waals surface area contributed by atoms with E-state index in [-0.39, 0.29) is 81.4 Å². The number of benzene rings is 3. The van der Waals surface area contributed by atoms with E-state index in [0.717, 1.165) is 55.2 Å². The van der Waals surface area contributed by atoms with E-state index in [0.29, 0.717) is 12.8 Å². The molecule has 0 amide bonds. The van der Waals surface area contributed by atoms with Crippen LogP contribution in [-0.2, 0) is 72.7 Å². The van der Waals surface area contributed by atoms with Gasteiger partial charge in [0.1, 0.15) is 31.0 Å². The SMILES string of the molecule is CCCCCCCCCCCCCCCC(=O)OCC(CO[C@H]1O[C@H](CS(=O)(=O)[O-])[C@H](OCc2ccccc2)[C@H](OCc2ccccc2)[C@H]1OCc1ccccc1)OC(=O)CCCCCCCCCCCCCCC.[Na+]. The first kappa shape index (κ1) is 67.6. The smallest absolute Gasteiger partial charge is 0.748 e. The largest absolute Gasteiger partial charge is 1.00 e. The van der Waals surface area contributed by atoms with Gasteiger partial charge in [0.05, 0.1) is 42.3 Å². The summed E-state index contributed by atoms with van der Waals surface area (Å²) in [7, 11) is -4.87. The third-order valence-corrected chi connectivity index (χ3v) is 14.7. The summed E-state index contributed by atoms with van der Waals surface area (Å²) in [6.07, 6.45) is 24.5. The minimum absolute atomic E-state index is 0. The van der Waals surface area contributed by atoms with Gasteiger partial charge in [-0.2, -0.15) is 0 Å². The minimum Gasteiger partial charge on any atom is -0.748 e. The predicted octanol–water partition coefficient (Wildman–Crippen LogP) is 11.5. The molecule has 4 rings (SSSR count). The zero-order valence-corrected chi connectivity index (χ0v) is 49.8. The third-order valence-electron chi connectivity index (χ3n) is 14.0. The van der Waals surface area contributed by atoms with Gasteiger partial charge in [-0.3, -0.25) is 9.59 Å². The molecule has 14 heteroatoms. The van der Waals surface area contributed by atoms with Crippen LogP contribution in [0.5, 0.6) is 0 Å². The molecule has 1 unspecified atom stereocenters. The Labute approximate surface area is 481 Å². The molecule has 0 radical (unpaired) electrons. The maximum absolute atomic E-state index is 13.5. The first-order chi connectivity index (χ1) is 36.6. The third kappa shape index (κ3) is 31.8. The van der Waals surface area contributed by atoms with E-state index in [1.54, 1.807) is 0 Å². The van der Waals surface area contributed by atoms with E-state index < -0.39 is 58.7 Å². The van der Waals surface area contributed by atoms with Gasteiger partial charge in [0, 0.05) is 12.8 Å². The molecule has 6 atom stereocenters. The molecular weight excluding hydrogens is 992 g/mol. The summed E-state index contributed by atoms with van der Waals surface area (Å²) < 4.78 is 82.1. The summed E-state index contributed by atoms with van der Waals surface area (Å²) in [6.45, 7) is 4.22. The number of esters is 2. The molecule has 1 saturated heterocycles. The van der Waals surface area contributed by atoms with Crippen molar-refractivity contribution in [3.05, 3.63) is 108 Å². The zero-order valence-electron chi connectivity index (χ0n) is 47.0. The fraction of sp³-hybridized carbons (Fsp3) is 0.677. The molecule has 1 fully saturated rings. The molecule has 422 valence electrons. The van der Waals surface area contributed by atoms with Crippen LogP contribution in [-0.4, -0.2) is 80.7 Å². The zero-order chi connectivity index (χ0) is 53.4. The average Bonchev–Trinajstić information content (AvgIpc) is 3.42. The van der Waals surface area contributed by atoms with Gasteiger partial charge in [0.25, 0.3) is 0 Å². The van der Waals surface area contributed by atoms with Crippen LogP contribution in [0.4, 0.5) is 0 Å². The Bertz CT molecular complexity index is 1980. The van der Waals surface area contributed by atoms with Crippen LogP contribution >= 0.6 is 0 Å². The van der Waals surface area contributed by atoms with E-state index in [2.05, 4.69) is 13.8 Å². The van der Waals surface area contributed by atoms with Gasteiger partial charge in [-0.15, -0.1) is 0 Å². The van der Waals surface area contributed by atoms with Crippen LogP contribution < -0.4 is 29.6 Å². The topological polar surface area (TPSA) is 156 Å². The van der Waals surface area contributed by atoms with Crippen molar-refractivity contribution in [1.29, 1.82) is 0 Å². The van der Waals surface area contributed by atoms with Crippen molar-refractivity contribution in [1.82, 2.24) is 0 Å². The Balaban J connectivity index is 0.0000152. The Hall–Kier alpha value is -2.69. The molecule has 0 aromatic heterocycles. The summed E-state index contributed by atoms with van der Waals surface area (Å²) in [5.74, 6) is -1.76. The molecule has 12 nitrogen and oxygen atoms in total. The van der Waals surface area contributed by atoms with Crippen molar-refractivity contribution in [2.45, 2.75) is 250 Å². The molecular formula is C62H95NaO12S. The second-order valence-corrected chi connectivity index (χ2v) is 22.1. The average molecular weight is 1090 g/mol. The Kier molecular flexibility index (Phi) is 38.4. The van der Waals surface area contributed by atoms with E-state index >= 15 is 0 Å². The number of carbonyl (C=O) groups is 2. The van der Waals surface area contributed by atoms with Gasteiger partial charge >= 0.3 is 41.5 Å². The van der Waals surface area contributed by atoms with Gasteiger partial charge in [0.2, 0.25) is 0 Å². The quantitative estimate of drug-likeness (QED) is 0.0229. The number of carbonyl (C=O) groups excluding carboxylic acids is 2. The Morgan fingerprint density at radius 1 is 0.474 bits per heavy atom. The summed E-state index contributed by atoms with van der Waals surface area (Å²) in [6, 6.07) is 28.4. The van der Waals surface area contributed by atoms with Gasteiger partial charge in [-0.05, 0) is 29.5 Å². The Morgan fingerprint density at radius 2 is 0.829 bits per heavy atom. The summed E-state index contributed by atoms with van der Waals surface area (Å²) in [5.41, 5.74) is 2.50. The molecule has 0 bridgehead atoms. The first-order valence-electron chi connectivity index (χ1n) is 29.2. The molecule has 1 heterocycles. The van der Waals surface area contributed by atoms with Gasteiger partial charge in [0.15, 0.2) is 12.4 Å². The van der Waals surface area contributed by atoms with Gasteiger partial charge in [-0.1, -0.05) is 259 Å². The standard InChI is InChI=1S/C62H96O12S.Na/c1-3-5-7-9-11-13-15-17-19-21-23-25-36-44-57(63)68-49-55(73-58(64)45-37-26-24-22-20-18-16-14-12-10-8-6-4-2)50-72-62-61(71-48-54-42-34-29-35-43-54)60(70-47-53-40-32-28-33-41-53)59(56(74-62)51-75(65,66)67)69-46-52-38-30-27-31-39-52;/h27-35,38-43,55-56,59-62H,3-26,36-37,44-51H2,1-2H3,(H,65,66,67);/q;+1/p-1/t55?,56-,59+,60+,61-,62+;/m1./s1. The van der Waals surface area contributed by atoms with Crippen LogP contribution in [0.25, 0.3) is 0 Å². The van der Waals surface area contributed by atoms with E-state index in [1.807, 2.05) is 91.0 Å². The first-order valence-corrected chi connectivity index (χ1v) is 30.7.